The highest BCUT2D eigenvalue weighted by atomic mass is 16.4. The number of aromatic nitrogens is 1. The second-order valence-electron chi connectivity index (χ2n) is 5.66. The number of rotatable bonds is 2. The first-order valence-electron chi connectivity index (χ1n) is 7.16. The monoisotopic (exact) mass is 290 g/mol. The number of carboxylic acids is 1. The first-order chi connectivity index (χ1) is 10.5. The zero-order valence-electron chi connectivity index (χ0n) is 12.8. The number of fused-ring (bicyclic) bond motifs is 1. The Kier molecular flexibility index (Phi) is 3.41. The van der Waals surface area contributed by atoms with Crippen molar-refractivity contribution in [2.45, 2.75) is 20.8 Å². The molecule has 0 bridgehead atoms. The zero-order chi connectivity index (χ0) is 15.9. The highest BCUT2D eigenvalue weighted by Crippen LogP contribution is 2.26. The van der Waals surface area contributed by atoms with Crippen molar-refractivity contribution in [3.05, 3.63) is 64.7 Å². The third-order valence-corrected chi connectivity index (χ3v) is 3.99. The molecule has 0 spiro atoms. The first kappa shape index (κ1) is 14.3. The fourth-order valence-electron chi connectivity index (χ4n) is 2.56. The van der Waals surface area contributed by atoms with Crippen LogP contribution in [0.15, 0.2) is 42.5 Å². The third-order valence-electron chi connectivity index (χ3n) is 3.99. The predicted octanol–water partition coefficient (Wildman–Crippen LogP) is 3.19. The van der Waals surface area contributed by atoms with Crippen LogP contribution in [0.2, 0.25) is 0 Å². The molecular weight excluding hydrogens is 274 g/mol. The number of hydrogen-bond donors (Lipinski definition) is 0. The van der Waals surface area contributed by atoms with E-state index in [2.05, 4.69) is 4.98 Å². The summed E-state index contributed by atoms with van der Waals surface area (Å²) in [7, 11) is 0. The summed E-state index contributed by atoms with van der Waals surface area (Å²) in [5.74, 6) is -1.18. The molecule has 0 unspecified atom stereocenters. The quantitative estimate of drug-likeness (QED) is 0.728. The second kappa shape index (κ2) is 5.26. The minimum atomic E-state index is -1.18. The number of aromatic carboxylic acids is 1. The third kappa shape index (κ3) is 2.46. The Bertz CT molecular complexity index is 897. The SMILES string of the molecule is Cc1ccc2nc(-c3ccc(C)c(C)c3)cc(C(=O)[O-])c2c1. The lowest BCUT2D eigenvalue weighted by atomic mass is 10.0. The Hall–Kier alpha value is -2.68. The van der Waals surface area contributed by atoms with E-state index in [0.29, 0.717) is 16.6 Å². The molecule has 0 atom stereocenters. The molecule has 0 radical (unpaired) electrons. The summed E-state index contributed by atoms with van der Waals surface area (Å²) >= 11 is 0. The van der Waals surface area contributed by atoms with Crippen LogP contribution >= 0.6 is 0 Å². The van der Waals surface area contributed by atoms with E-state index in [0.717, 1.165) is 16.7 Å². The lowest BCUT2D eigenvalue weighted by Gasteiger charge is -2.12. The first-order valence-corrected chi connectivity index (χ1v) is 7.16. The van der Waals surface area contributed by atoms with Crippen molar-refractivity contribution in [1.29, 1.82) is 0 Å². The summed E-state index contributed by atoms with van der Waals surface area (Å²) < 4.78 is 0. The molecule has 0 saturated heterocycles. The maximum absolute atomic E-state index is 11.5. The molecule has 0 amide bonds. The Morgan fingerprint density at radius 1 is 0.955 bits per heavy atom. The smallest absolute Gasteiger partial charge is 0.0722 e. The maximum Gasteiger partial charge on any atom is 0.0722 e. The van der Waals surface area contributed by atoms with E-state index >= 15 is 0 Å². The average Bonchev–Trinajstić information content (AvgIpc) is 2.48. The molecule has 0 fully saturated rings. The lowest BCUT2D eigenvalue weighted by Crippen LogP contribution is -2.22. The van der Waals surface area contributed by atoms with Crippen LogP contribution in [0.3, 0.4) is 0 Å². The molecule has 3 aromatic rings. The van der Waals surface area contributed by atoms with E-state index in [9.17, 15) is 9.90 Å². The summed E-state index contributed by atoms with van der Waals surface area (Å²) in [5, 5.41) is 12.1. The molecule has 22 heavy (non-hydrogen) atoms. The molecule has 0 aliphatic heterocycles. The summed E-state index contributed by atoms with van der Waals surface area (Å²) in [6.45, 7) is 6.00. The van der Waals surface area contributed by atoms with Crippen LogP contribution in [0, 0.1) is 20.8 Å². The Labute approximate surface area is 129 Å². The van der Waals surface area contributed by atoms with Gasteiger partial charge < -0.3 is 9.90 Å². The normalized spacial score (nSPS) is 10.9. The number of carbonyl (C=O) groups excluding carboxylic acids is 1. The van der Waals surface area contributed by atoms with E-state index in [4.69, 9.17) is 0 Å². The molecule has 0 saturated carbocycles. The topological polar surface area (TPSA) is 53.0 Å². The number of nitrogens with zero attached hydrogens (tertiary/aromatic N) is 1. The summed E-state index contributed by atoms with van der Waals surface area (Å²) in [6, 6.07) is 13.2. The van der Waals surface area contributed by atoms with Gasteiger partial charge in [-0.1, -0.05) is 23.8 Å². The van der Waals surface area contributed by atoms with Gasteiger partial charge in [0.1, 0.15) is 0 Å². The number of pyridine rings is 1. The molecule has 0 N–H and O–H groups in total. The van der Waals surface area contributed by atoms with Crippen molar-refractivity contribution in [2.75, 3.05) is 0 Å². The average molecular weight is 290 g/mol. The minimum absolute atomic E-state index is 0.182. The number of carboxylic acid groups (broad SMARTS) is 1. The maximum atomic E-state index is 11.5. The van der Waals surface area contributed by atoms with Crippen molar-refractivity contribution < 1.29 is 9.90 Å². The Balaban J connectivity index is 2.29. The molecule has 0 aliphatic carbocycles. The van der Waals surface area contributed by atoms with Crippen molar-refractivity contribution in [3.8, 4) is 11.3 Å². The summed E-state index contributed by atoms with van der Waals surface area (Å²) in [6.07, 6.45) is 0. The highest BCUT2D eigenvalue weighted by Gasteiger charge is 2.09. The summed E-state index contributed by atoms with van der Waals surface area (Å²) in [4.78, 5) is 16.1. The van der Waals surface area contributed by atoms with Crippen LogP contribution in [0.5, 0.6) is 0 Å². The van der Waals surface area contributed by atoms with E-state index in [-0.39, 0.29) is 5.56 Å². The fourth-order valence-corrected chi connectivity index (χ4v) is 2.56. The number of benzene rings is 2. The van der Waals surface area contributed by atoms with Crippen LogP contribution in [0.4, 0.5) is 0 Å². The van der Waals surface area contributed by atoms with Gasteiger partial charge in [-0.15, -0.1) is 0 Å². The van der Waals surface area contributed by atoms with Gasteiger partial charge in [-0.25, -0.2) is 4.98 Å². The van der Waals surface area contributed by atoms with Crippen molar-refractivity contribution in [1.82, 2.24) is 4.98 Å². The van der Waals surface area contributed by atoms with E-state index in [1.165, 1.54) is 5.56 Å². The van der Waals surface area contributed by atoms with E-state index in [1.54, 1.807) is 6.07 Å². The molecule has 1 heterocycles. The molecule has 3 heteroatoms. The molecule has 1 aromatic heterocycles. The van der Waals surface area contributed by atoms with Gasteiger partial charge >= 0.3 is 0 Å². The molecule has 3 rings (SSSR count). The largest absolute Gasteiger partial charge is 0.545 e. The van der Waals surface area contributed by atoms with Crippen LogP contribution in [0.1, 0.15) is 27.0 Å². The van der Waals surface area contributed by atoms with Gasteiger partial charge in [0.2, 0.25) is 0 Å². The number of hydrogen-bond acceptors (Lipinski definition) is 3. The van der Waals surface area contributed by atoms with Gasteiger partial charge in [-0.05, 0) is 56.2 Å². The summed E-state index contributed by atoms with van der Waals surface area (Å²) in [5.41, 5.74) is 5.75. The van der Waals surface area contributed by atoms with Gasteiger partial charge in [-0.3, -0.25) is 0 Å². The Morgan fingerprint density at radius 2 is 1.73 bits per heavy atom. The van der Waals surface area contributed by atoms with Crippen molar-refractivity contribution >= 4 is 16.9 Å². The minimum Gasteiger partial charge on any atom is -0.545 e. The van der Waals surface area contributed by atoms with Gasteiger partial charge in [0, 0.05) is 16.5 Å². The Morgan fingerprint density at radius 3 is 2.41 bits per heavy atom. The predicted molar refractivity (Wildman–Crippen MR) is 85.7 cm³/mol. The van der Waals surface area contributed by atoms with Gasteiger partial charge in [0.15, 0.2) is 0 Å². The highest BCUT2D eigenvalue weighted by molar-refractivity contribution is 6.03. The van der Waals surface area contributed by atoms with E-state index in [1.807, 2.05) is 57.2 Å². The van der Waals surface area contributed by atoms with Gasteiger partial charge in [-0.2, -0.15) is 0 Å². The van der Waals surface area contributed by atoms with Gasteiger partial charge in [0.05, 0.1) is 17.2 Å². The second-order valence-corrected chi connectivity index (χ2v) is 5.66. The molecule has 110 valence electrons. The van der Waals surface area contributed by atoms with Crippen molar-refractivity contribution in [2.24, 2.45) is 0 Å². The van der Waals surface area contributed by atoms with Crippen LogP contribution < -0.4 is 5.11 Å². The molecular formula is C19H16NO2-. The fraction of sp³-hybridized carbons (Fsp3) is 0.158. The van der Waals surface area contributed by atoms with Gasteiger partial charge in [0.25, 0.3) is 0 Å². The van der Waals surface area contributed by atoms with Crippen molar-refractivity contribution in [3.63, 3.8) is 0 Å². The number of aryl methyl sites for hydroxylation is 3. The molecule has 2 aromatic carbocycles. The molecule has 0 aliphatic rings. The zero-order valence-corrected chi connectivity index (χ0v) is 12.8. The van der Waals surface area contributed by atoms with Crippen LogP contribution in [-0.4, -0.2) is 11.0 Å². The van der Waals surface area contributed by atoms with Crippen LogP contribution in [-0.2, 0) is 0 Å². The number of carbonyl (C=O) groups is 1. The standard InChI is InChI=1S/C19H17NO2/c1-11-4-7-17-15(8-11)16(19(21)22)10-18(20-17)14-6-5-12(2)13(3)9-14/h4-10H,1-3H3,(H,21,22)/p-1. The molecule has 3 nitrogen and oxygen atoms in total. The lowest BCUT2D eigenvalue weighted by molar-refractivity contribution is -0.254. The van der Waals surface area contributed by atoms with Crippen LogP contribution in [0.25, 0.3) is 22.2 Å². The van der Waals surface area contributed by atoms with E-state index < -0.39 is 5.97 Å².